The van der Waals surface area contributed by atoms with Gasteiger partial charge >= 0.3 is 0 Å². The Bertz CT molecular complexity index is 674. The molecule has 0 aliphatic rings. The SMILES string of the molecule is COc1cc(Cl)cc(C=O)c1OCc1cccc(F)c1Cl. The van der Waals surface area contributed by atoms with E-state index in [0.717, 1.165) is 0 Å². The summed E-state index contributed by atoms with van der Waals surface area (Å²) in [6.45, 7) is -0.00454. The second-order valence-corrected chi connectivity index (χ2v) is 4.96. The zero-order valence-corrected chi connectivity index (χ0v) is 12.5. The van der Waals surface area contributed by atoms with E-state index >= 15 is 0 Å². The van der Waals surface area contributed by atoms with E-state index in [0.29, 0.717) is 22.6 Å². The molecular weight excluding hydrogens is 318 g/mol. The maximum Gasteiger partial charge on any atom is 0.172 e. The minimum atomic E-state index is -0.531. The lowest BCUT2D eigenvalue weighted by atomic mass is 10.2. The topological polar surface area (TPSA) is 35.5 Å². The van der Waals surface area contributed by atoms with Crippen molar-refractivity contribution in [2.75, 3.05) is 7.11 Å². The average Bonchev–Trinajstić information content (AvgIpc) is 2.48. The second-order valence-electron chi connectivity index (χ2n) is 4.15. The van der Waals surface area contributed by atoms with Gasteiger partial charge in [0.25, 0.3) is 0 Å². The van der Waals surface area contributed by atoms with Gasteiger partial charge < -0.3 is 9.47 Å². The van der Waals surface area contributed by atoms with Crippen LogP contribution in [0.5, 0.6) is 11.5 Å². The molecule has 0 saturated heterocycles. The maximum atomic E-state index is 13.4. The quantitative estimate of drug-likeness (QED) is 0.756. The van der Waals surface area contributed by atoms with Gasteiger partial charge in [-0.2, -0.15) is 0 Å². The van der Waals surface area contributed by atoms with Gasteiger partial charge in [0.2, 0.25) is 0 Å². The Morgan fingerprint density at radius 2 is 2.05 bits per heavy atom. The van der Waals surface area contributed by atoms with E-state index in [-0.39, 0.29) is 22.9 Å². The van der Waals surface area contributed by atoms with Crippen LogP contribution in [0.25, 0.3) is 0 Å². The predicted octanol–water partition coefficient (Wildman–Crippen LogP) is 4.53. The number of hydrogen-bond donors (Lipinski definition) is 0. The molecule has 0 atom stereocenters. The van der Waals surface area contributed by atoms with Crippen molar-refractivity contribution in [2.24, 2.45) is 0 Å². The third-order valence-electron chi connectivity index (χ3n) is 2.80. The number of ether oxygens (including phenoxy) is 2. The van der Waals surface area contributed by atoms with Gasteiger partial charge in [-0.15, -0.1) is 0 Å². The average molecular weight is 329 g/mol. The fourth-order valence-electron chi connectivity index (χ4n) is 1.79. The minimum absolute atomic E-state index is 0.00454. The molecular formula is C15H11Cl2FO3. The summed E-state index contributed by atoms with van der Waals surface area (Å²) in [6, 6.07) is 7.40. The molecule has 2 aromatic rings. The minimum Gasteiger partial charge on any atom is -0.493 e. The van der Waals surface area contributed by atoms with Gasteiger partial charge in [-0.05, 0) is 12.1 Å². The molecule has 6 heteroatoms. The lowest BCUT2D eigenvalue weighted by molar-refractivity contribution is 0.111. The third kappa shape index (κ3) is 3.46. The zero-order chi connectivity index (χ0) is 15.4. The lowest BCUT2D eigenvalue weighted by Gasteiger charge is -2.14. The Kier molecular flexibility index (Phi) is 5.04. The number of halogens is 3. The summed E-state index contributed by atoms with van der Waals surface area (Å²) in [5, 5.41) is 0.336. The van der Waals surface area contributed by atoms with Crippen LogP contribution in [0.1, 0.15) is 15.9 Å². The van der Waals surface area contributed by atoms with E-state index in [1.807, 2.05) is 0 Å². The molecule has 0 aromatic heterocycles. The largest absolute Gasteiger partial charge is 0.493 e. The van der Waals surface area contributed by atoms with Crippen LogP contribution in [0.4, 0.5) is 4.39 Å². The van der Waals surface area contributed by atoms with Crippen molar-refractivity contribution < 1.29 is 18.7 Å². The summed E-state index contributed by atoms with van der Waals surface area (Å²) >= 11 is 11.7. The molecule has 0 heterocycles. The lowest BCUT2D eigenvalue weighted by Crippen LogP contribution is -2.02. The molecule has 2 aromatic carbocycles. The Balaban J connectivity index is 2.31. The van der Waals surface area contributed by atoms with Crippen LogP contribution in [0.3, 0.4) is 0 Å². The van der Waals surface area contributed by atoms with Crippen LogP contribution < -0.4 is 9.47 Å². The van der Waals surface area contributed by atoms with Crippen molar-refractivity contribution in [3.63, 3.8) is 0 Å². The number of aldehydes is 1. The number of benzene rings is 2. The van der Waals surface area contributed by atoms with E-state index in [1.54, 1.807) is 6.07 Å². The van der Waals surface area contributed by atoms with E-state index < -0.39 is 5.82 Å². The maximum absolute atomic E-state index is 13.4. The summed E-state index contributed by atoms with van der Waals surface area (Å²) < 4.78 is 24.1. The second kappa shape index (κ2) is 6.78. The molecule has 0 radical (unpaired) electrons. The zero-order valence-electron chi connectivity index (χ0n) is 11.0. The molecule has 3 nitrogen and oxygen atoms in total. The molecule has 0 unspecified atom stereocenters. The van der Waals surface area contributed by atoms with E-state index in [2.05, 4.69) is 0 Å². The van der Waals surface area contributed by atoms with Gasteiger partial charge in [0.15, 0.2) is 17.8 Å². The van der Waals surface area contributed by atoms with Gasteiger partial charge in [-0.1, -0.05) is 35.3 Å². The molecule has 2 rings (SSSR count). The van der Waals surface area contributed by atoms with Gasteiger partial charge in [-0.25, -0.2) is 4.39 Å². The number of rotatable bonds is 5. The first-order valence-corrected chi connectivity index (χ1v) is 6.70. The van der Waals surface area contributed by atoms with Gasteiger partial charge in [0.05, 0.1) is 17.7 Å². The first-order chi connectivity index (χ1) is 10.1. The van der Waals surface area contributed by atoms with E-state index in [9.17, 15) is 9.18 Å². The van der Waals surface area contributed by atoms with Crippen LogP contribution in [0, 0.1) is 5.82 Å². The van der Waals surface area contributed by atoms with Crippen LogP contribution in [0.2, 0.25) is 10.0 Å². The Hall–Kier alpha value is -1.78. The molecule has 0 spiro atoms. The van der Waals surface area contributed by atoms with Crippen molar-refractivity contribution in [1.82, 2.24) is 0 Å². The Labute approximate surface area is 131 Å². The van der Waals surface area contributed by atoms with Crippen molar-refractivity contribution in [2.45, 2.75) is 6.61 Å². The summed E-state index contributed by atoms with van der Waals surface area (Å²) in [4.78, 5) is 11.1. The van der Waals surface area contributed by atoms with Crippen molar-refractivity contribution in [3.8, 4) is 11.5 Å². The number of carbonyl (C=O) groups excluding carboxylic acids is 1. The number of hydrogen-bond acceptors (Lipinski definition) is 3. The fourth-order valence-corrected chi connectivity index (χ4v) is 2.19. The monoisotopic (exact) mass is 328 g/mol. The first-order valence-electron chi connectivity index (χ1n) is 5.95. The molecule has 0 bridgehead atoms. The number of carbonyl (C=O) groups is 1. The van der Waals surface area contributed by atoms with Crippen LogP contribution in [-0.2, 0) is 6.61 Å². The predicted molar refractivity (Wildman–Crippen MR) is 79.1 cm³/mol. The fraction of sp³-hybridized carbons (Fsp3) is 0.133. The molecule has 0 N–H and O–H groups in total. The van der Waals surface area contributed by atoms with Crippen LogP contribution in [-0.4, -0.2) is 13.4 Å². The molecule has 0 aliphatic heterocycles. The summed E-state index contributed by atoms with van der Waals surface area (Å²) in [5.74, 6) is 0.0193. The molecule has 0 amide bonds. The molecule has 0 saturated carbocycles. The normalized spacial score (nSPS) is 10.3. The van der Waals surface area contributed by atoms with Crippen LogP contribution >= 0.6 is 23.2 Å². The molecule has 21 heavy (non-hydrogen) atoms. The summed E-state index contributed by atoms with van der Waals surface area (Å²) in [6.07, 6.45) is 0.608. The standard InChI is InChI=1S/C15H11Cl2FO3/c1-20-13-6-11(16)5-10(7-19)15(13)21-8-9-3-2-4-12(18)14(9)17/h2-7H,8H2,1H3. The Morgan fingerprint density at radius 3 is 2.71 bits per heavy atom. The summed E-state index contributed by atoms with van der Waals surface area (Å²) in [7, 11) is 1.43. The van der Waals surface area contributed by atoms with Gasteiger partial charge in [0, 0.05) is 16.7 Å². The van der Waals surface area contributed by atoms with Crippen molar-refractivity contribution in [3.05, 3.63) is 57.3 Å². The van der Waals surface area contributed by atoms with Crippen LogP contribution in [0.15, 0.2) is 30.3 Å². The van der Waals surface area contributed by atoms with Crippen molar-refractivity contribution >= 4 is 29.5 Å². The number of methoxy groups -OCH3 is 1. The van der Waals surface area contributed by atoms with Gasteiger partial charge in [0.1, 0.15) is 12.4 Å². The van der Waals surface area contributed by atoms with E-state index in [4.69, 9.17) is 32.7 Å². The highest BCUT2D eigenvalue weighted by Crippen LogP contribution is 2.34. The summed E-state index contributed by atoms with van der Waals surface area (Å²) in [5.41, 5.74) is 0.706. The van der Waals surface area contributed by atoms with Crippen molar-refractivity contribution in [1.29, 1.82) is 0 Å². The third-order valence-corrected chi connectivity index (χ3v) is 3.44. The van der Waals surface area contributed by atoms with Gasteiger partial charge in [-0.3, -0.25) is 4.79 Å². The molecule has 0 fully saturated rings. The first kappa shape index (κ1) is 15.6. The highest BCUT2D eigenvalue weighted by molar-refractivity contribution is 6.31. The smallest absolute Gasteiger partial charge is 0.172 e. The Morgan fingerprint density at radius 1 is 1.29 bits per heavy atom. The molecule has 110 valence electrons. The highest BCUT2D eigenvalue weighted by Gasteiger charge is 2.14. The molecule has 0 aliphatic carbocycles. The highest BCUT2D eigenvalue weighted by atomic mass is 35.5. The van der Waals surface area contributed by atoms with E-state index in [1.165, 1.54) is 31.4 Å².